The molecule has 1 saturated heterocycles. The van der Waals surface area contributed by atoms with E-state index in [4.69, 9.17) is 4.74 Å². The molecule has 0 spiro atoms. The maximum Gasteiger partial charge on any atom is 0.0631 e. The van der Waals surface area contributed by atoms with Crippen molar-refractivity contribution in [2.24, 2.45) is 5.41 Å². The number of rotatable bonds is 3. The predicted molar refractivity (Wildman–Crippen MR) is 62.9 cm³/mol. The zero-order chi connectivity index (χ0) is 10.4. The number of hydrogen-bond acceptors (Lipinski definition) is 1. The van der Waals surface area contributed by atoms with Gasteiger partial charge in [-0.2, -0.15) is 0 Å². The van der Waals surface area contributed by atoms with Crippen molar-refractivity contribution in [3.63, 3.8) is 0 Å². The maximum atomic E-state index is 6.05. The van der Waals surface area contributed by atoms with Crippen molar-refractivity contribution in [2.75, 3.05) is 0 Å². The molecule has 82 valence electrons. The molecule has 2 rings (SSSR count). The Morgan fingerprint density at radius 3 is 2.36 bits per heavy atom. The van der Waals surface area contributed by atoms with E-state index in [1.165, 1.54) is 32.1 Å². The van der Waals surface area contributed by atoms with Crippen LogP contribution in [0.25, 0.3) is 0 Å². The fourth-order valence-corrected chi connectivity index (χ4v) is 3.24. The van der Waals surface area contributed by atoms with Gasteiger partial charge < -0.3 is 4.74 Å². The van der Waals surface area contributed by atoms with E-state index in [2.05, 4.69) is 36.7 Å². The second kappa shape index (κ2) is 3.48. The lowest BCUT2D eigenvalue weighted by atomic mass is 9.94. The molecule has 1 saturated carbocycles. The molecule has 1 aliphatic heterocycles. The van der Waals surface area contributed by atoms with Crippen molar-refractivity contribution >= 4 is 15.9 Å². The van der Waals surface area contributed by atoms with Crippen LogP contribution in [0.4, 0.5) is 0 Å². The summed E-state index contributed by atoms with van der Waals surface area (Å²) in [6.45, 7) is 6.71. The van der Waals surface area contributed by atoms with Crippen LogP contribution in [0.2, 0.25) is 0 Å². The third-order valence-electron chi connectivity index (χ3n) is 3.92. The van der Waals surface area contributed by atoms with Crippen molar-refractivity contribution < 1.29 is 4.74 Å². The molecule has 2 heteroatoms. The summed E-state index contributed by atoms with van der Waals surface area (Å²) in [5.41, 5.74) is 0.710. The van der Waals surface area contributed by atoms with Gasteiger partial charge in [0.2, 0.25) is 0 Å². The molecular weight excluding hydrogens is 240 g/mol. The van der Waals surface area contributed by atoms with Gasteiger partial charge in [0.15, 0.2) is 0 Å². The van der Waals surface area contributed by atoms with Crippen LogP contribution in [0.5, 0.6) is 0 Å². The van der Waals surface area contributed by atoms with E-state index in [-0.39, 0.29) is 5.60 Å². The van der Waals surface area contributed by atoms with E-state index in [9.17, 15) is 0 Å². The topological polar surface area (TPSA) is 9.23 Å². The molecular formula is C12H21BrO. The number of hydrogen-bond donors (Lipinski definition) is 0. The average Bonchev–Trinajstić information content (AvgIpc) is 2.74. The van der Waals surface area contributed by atoms with Gasteiger partial charge in [0.1, 0.15) is 0 Å². The molecule has 0 amide bonds. The van der Waals surface area contributed by atoms with Crippen LogP contribution in [-0.2, 0) is 4.74 Å². The summed E-state index contributed by atoms with van der Waals surface area (Å²) in [5, 5.41) is 0. The van der Waals surface area contributed by atoms with Crippen LogP contribution >= 0.6 is 15.9 Å². The molecule has 0 aromatic rings. The third kappa shape index (κ3) is 2.16. The molecule has 2 fully saturated rings. The maximum absolute atomic E-state index is 6.05. The predicted octanol–water partition coefficient (Wildman–Crippen LogP) is 3.90. The Morgan fingerprint density at radius 1 is 1.36 bits per heavy atom. The zero-order valence-electron chi connectivity index (χ0n) is 9.48. The van der Waals surface area contributed by atoms with Gasteiger partial charge in [0.05, 0.1) is 11.7 Å². The first-order chi connectivity index (χ1) is 6.44. The number of alkyl halides is 1. The first-order valence-electron chi connectivity index (χ1n) is 5.75. The summed E-state index contributed by atoms with van der Waals surface area (Å²) in [5.74, 6) is 0. The Labute approximate surface area is 95.7 Å². The van der Waals surface area contributed by atoms with E-state index < -0.39 is 0 Å². The van der Waals surface area contributed by atoms with Crippen molar-refractivity contribution in [3.8, 4) is 0 Å². The molecule has 0 N–H and O–H groups in total. The van der Waals surface area contributed by atoms with E-state index in [0.29, 0.717) is 16.3 Å². The van der Waals surface area contributed by atoms with Gasteiger partial charge in [0.25, 0.3) is 0 Å². The van der Waals surface area contributed by atoms with Gasteiger partial charge in [0, 0.05) is 4.83 Å². The lowest BCUT2D eigenvalue weighted by molar-refractivity contribution is -0.0262. The van der Waals surface area contributed by atoms with Gasteiger partial charge in [-0.15, -0.1) is 0 Å². The van der Waals surface area contributed by atoms with Crippen LogP contribution in [0.1, 0.15) is 52.9 Å². The fourth-order valence-electron chi connectivity index (χ4n) is 2.60. The number of halogens is 1. The molecule has 2 unspecified atom stereocenters. The van der Waals surface area contributed by atoms with E-state index in [0.717, 1.165) is 0 Å². The van der Waals surface area contributed by atoms with Crippen molar-refractivity contribution in [2.45, 2.75) is 69.4 Å². The highest BCUT2D eigenvalue weighted by Gasteiger charge is 2.49. The highest BCUT2D eigenvalue weighted by atomic mass is 79.9. The molecule has 1 aliphatic carbocycles. The summed E-state index contributed by atoms with van der Waals surface area (Å²) < 4.78 is 6.05. The van der Waals surface area contributed by atoms with Gasteiger partial charge in [-0.05, 0) is 51.4 Å². The molecule has 0 radical (unpaired) electrons. The zero-order valence-corrected chi connectivity index (χ0v) is 11.1. The average molecular weight is 261 g/mol. The lowest BCUT2D eigenvalue weighted by Crippen LogP contribution is -2.24. The Kier molecular flexibility index (Phi) is 2.72. The largest absolute Gasteiger partial charge is 0.372 e. The molecule has 1 nitrogen and oxygen atoms in total. The quantitative estimate of drug-likeness (QED) is 0.700. The minimum absolute atomic E-state index is 0.135. The molecule has 14 heavy (non-hydrogen) atoms. The van der Waals surface area contributed by atoms with Crippen LogP contribution in [-0.4, -0.2) is 16.5 Å². The molecule has 0 aromatic carbocycles. The van der Waals surface area contributed by atoms with Crippen LogP contribution < -0.4 is 0 Å². The number of ether oxygens (including phenoxy) is 1. The molecule has 0 bridgehead atoms. The summed E-state index contributed by atoms with van der Waals surface area (Å²) in [6.07, 6.45) is 7.05. The summed E-state index contributed by atoms with van der Waals surface area (Å²) >= 11 is 3.74. The minimum Gasteiger partial charge on any atom is -0.372 e. The molecule has 2 aliphatic rings. The highest BCUT2D eigenvalue weighted by Crippen LogP contribution is 2.56. The second-order valence-corrected chi connectivity index (χ2v) is 7.09. The standard InChI is InChI=1S/C12H21BrO/c1-9(13)12(6-7-12)8-10-4-5-11(2,3)14-10/h9-10H,4-8H2,1-3H3. The Bertz CT molecular complexity index is 218. The summed E-state index contributed by atoms with van der Waals surface area (Å²) in [7, 11) is 0. The van der Waals surface area contributed by atoms with Gasteiger partial charge in [-0.25, -0.2) is 0 Å². The Hall–Kier alpha value is 0.440. The van der Waals surface area contributed by atoms with E-state index >= 15 is 0 Å². The van der Waals surface area contributed by atoms with Gasteiger partial charge in [-0.1, -0.05) is 22.9 Å². The van der Waals surface area contributed by atoms with Crippen LogP contribution in [0.3, 0.4) is 0 Å². The fraction of sp³-hybridized carbons (Fsp3) is 1.00. The first kappa shape index (κ1) is 10.9. The molecule has 1 heterocycles. The smallest absolute Gasteiger partial charge is 0.0631 e. The third-order valence-corrected chi connectivity index (χ3v) is 4.90. The van der Waals surface area contributed by atoms with Crippen LogP contribution in [0.15, 0.2) is 0 Å². The van der Waals surface area contributed by atoms with Gasteiger partial charge >= 0.3 is 0 Å². The summed E-state index contributed by atoms with van der Waals surface area (Å²) in [4.78, 5) is 0.655. The molecule has 0 aromatic heterocycles. The monoisotopic (exact) mass is 260 g/mol. The van der Waals surface area contributed by atoms with Crippen molar-refractivity contribution in [3.05, 3.63) is 0 Å². The summed E-state index contributed by atoms with van der Waals surface area (Å²) in [6, 6.07) is 0. The van der Waals surface area contributed by atoms with Crippen molar-refractivity contribution in [1.29, 1.82) is 0 Å². The highest BCUT2D eigenvalue weighted by molar-refractivity contribution is 9.09. The normalized spacial score (nSPS) is 35.6. The Morgan fingerprint density at radius 2 is 2.00 bits per heavy atom. The van der Waals surface area contributed by atoms with Crippen LogP contribution in [0, 0.1) is 5.41 Å². The lowest BCUT2D eigenvalue weighted by Gasteiger charge is -2.24. The second-order valence-electron chi connectivity index (χ2n) is 5.72. The minimum atomic E-state index is 0.135. The van der Waals surface area contributed by atoms with E-state index in [1.807, 2.05) is 0 Å². The van der Waals surface area contributed by atoms with Crippen molar-refractivity contribution in [1.82, 2.24) is 0 Å². The first-order valence-corrected chi connectivity index (χ1v) is 6.67. The Balaban J connectivity index is 1.88. The SMILES string of the molecule is CC(Br)C1(CC2CCC(C)(C)O2)CC1. The van der Waals surface area contributed by atoms with Gasteiger partial charge in [-0.3, -0.25) is 0 Å². The van der Waals surface area contributed by atoms with E-state index in [1.54, 1.807) is 0 Å². The molecule has 2 atom stereocenters.